The van der Waals surface area contributed by atoms with E-state index in [9.17, 15) is 14.3 Å². The Labute approximate surface area is 214 Å². The minimum absolute atomic E-state index is 0.196. The van der Waals surface area contributed by atoms with Crippen LogP contribution >= 0.6 is 0 Å². The highest BCUT2D eigenvalue weighted by atomic mass is 28.4. The van der Waals surface area contributed by atoms with Crippen molar-refractivity contribution < 1.29 is 18.7 Å². The van der Waals surface area contributed by atoms with E-state index in [1.807, 2.05) is 0 Å². The maximum absolute atomic E-state index is 14.8. The van der Waals surface area contributed by atoms with Crippen LogP contribution in [-0.2, 0) is 9.22 Å². The van der Waals surface area contributed by atoms with Gasteiger partial charge in [0, 0.05) is 6.10 Å². The third kappa shape index (κ3) is 4.41. The van der Waals surface area contributed by atoms with Crippen LogP contribution in [0.5, 0.6) is 0 Å². The number of allylic oxidation sites excluding steroid dienone is 2. The highest BCUT2D eigenvalue weighted by molar-refractivity contribution is 6.74. The first-order chi connectivity index (χ1) is 16.2. The molecule has 0 spiro atoms. The lowest BCUT2D eigenvalue weighted by Crippen LogP contribution is -2.53. The summed E-state index contributed by atoms with van der Waals surface area (Å²) in [6.45, 7) is 18.7. The summed E-state index contributed by atoms with van der Waals surface area (Å²) in [4.78, 5) is 11.5. The van der Waals surface area contributed by atoms with Crippen molar-refractivity contribution in [2.45, 2.75) is 124 Å². The summed E-state index contributed by atoms with van der Waals surface area (Å²) in [5, 5.41) is 9.63. The van der Waals surface area contributed by atoms with Gasteiger partial charge in [-0.2, -0.15) is 4.39 Å². The van der Waals surface area contributed by atoms with Crippen LogP contribution in [0.15, 0.2) is 23.0 Å². The molecule has 1 N–H and O–H groups in total. The number of halogens is 1. The fourth-order valence-electron chi connectivity index (χ4n) is 8.40. The second kappa shape index (κ2) is 9.11. The van der Waals surface area contributed by atoms with Gasteiger partial charge in [0.05, 0.1) is 0 Å². The van der Waals surface area contributed by atoms with Crippen LogP contribution in [0.1, 0.15) is 99.3 Å². The first-order valence-corrected chi connectivity index (χ1v) is 17.1. The molecule has 5 heteroatoms. The number of carbonyl (C=O) groups is 1. The summed E-state index contributed by atoms with van der Waals surface area (Å²) in [5.41, 5.74) is 2.11. The Bertz CT molecular complexity index is 915. The molecule has 3 nitrogen and oxygen atoms in total. The molecule has 3 fully saturated rings. The molecular formula is C30H49FO3Si. The van der Waals surface area contributed by atoms with E-state index in [1.54, 1.807) is 5.57 Å². The molecule has 0 saturated heterocycles. The third-order valence-corrected chi connectivity index (χ3v) is 15.9. The van der Waals surface area contributed by atoms with E-state index < -0.39 is 20.1 Å². The number of rotatable bonds is 5. The Kier molecular flexibility index (Phi) is 7.06. The first-order valence-electron chi connectivity index (χ1n) is 14.2. The summed E-state index contributed by atoms with van der Waals surface area (Å²) in [6.07, 6.45) is 12.2. The van der Waals surface area contributed by atoms with Gasteiger partial charge >= 0.3 is 5.97 Å². The summed E-state index contributed by atoms with van der Waals surface area (Å²) >= 11 is 0. The minimum atomic E-state index is -1.81. The largest absolute Gasteiger partial charge is 0.476 e. The maximum atomic E-state index is 14.8. The average Bonchev–Trinajstić information content (AvgIpc) is 3.10. The molecule has 0 amide bonds. The van der Waals surface area contributed by atoms with Gasteiger partial charge in [0.2, 0.25) is 5.83 Å². The minimum Gasteiger partial charge on any atom is -0.476 e. The number of carboxylic acids is 1. The van der Waals surface area contributed by atoms with E-state index in [0.29, 0.717) is 41.8 Å². The molecule has 4 aliphatic carbocycles. The smallest absolute Gasteiger partial charge is 0.364 e. The molecule has 0 aliphatic heterocycles. The quantitative estimate of drug-likeness (QED) is 0.231. The number of aliphatic carboxylic acids is 1. The SMILES string of the molecule is CCC[C@H]1C=C2CC(O[Si](C)(C)C(C)(C)C)CC[C@]2(C)[C@H]2CC[C@]3(C)C(=C(F)C(=O)O)CC[C@H]3[C@H]12. The first kappa shape index (κ1) is 27.1. The van der Waals surface area contributed by atoms with E-state index in [4.69, 9.17) is 4.43 Å². The number of carboxylic acid groups (broad SMARTS) is 1. The van der Waals surface area contributed by atoms with Crippen LogP contribution in [0.2, 0.25) is 18.1 Å². The van der Waals surface area contributed by atoms with Crippen LogP contribution in [-0.4, -0.2) is 25.5 Å². The zero-order chi connectivity index (χ0) is 26.0. The maximum Gasteiger partial charge on any atom is 0.364 e. The Hall–Kier alpha value is -0.943. The van der Waals surface area contributed by atoms with Crippen LogP contribution in [0.25, 0.3) is 0 Å². The van der Waals surface area contributed by atoms with Crippen LogP contribution in [0, 0.1) is 34.5 Å². The van der Waals surface area contributed by atoms with Gasteiger partial charge in [-0.15, -0.1) is 0 Å². The molecule has 4 aliphatic rings. The standard InChI is InChI=1S/C30H49FO3Si/c1-9-10-19-17-20-18-21(34-35(7,8)28(2,3)4)13-15-29(20,5)23-14-16-30(6)22(25(19)23)11-12-24(30)26(31)27(32)33/h17,19,21-23,25H,9-16,18H2,1-8H3,(H,32,33)/t19-,21?,22-,23-,25-,29-,30-/m0/s1. The van der Waals surface area contributed by atoms with Gasteiger partial charge in [-0.1, -0.05) is 59.6 Å². The van der Waals surface area contributed by atoms with Crippen molar-refractivity contribution in [3.05, 3.63) is 23.0 Å². The molecule has 0 bridgehead atoms. The molecule has 3 saturated carbocycles. The fraction of sp³-hybridized carbons (Fsp3) is 0.833. The summed E-state index contributed by atoms with van der Waals surface area (Å²) in [5.74, 6) is -0.225. The second-order valence-corrected chi connectivity index (χ2v) is 18.9. The molecule has 7 atom stereocenters. The molecular weight excluding hydrogens is 455 g/mol. The van der Waals surface area contributed by atoms with Gasteiger partial charge in [0.15, 0.2) is 8.32 Å². The van der Waals surface area contributed by atoms with Crippen molar-refractivity contribution in [1.29, 1.82) is 0 Å². The van der Waals surface area contributed by atoms with Crippen molar-refractivity contribution in [2.24, 2.45) is 34.5 Å². The van der Waals surface area contributed by atoms with E-state index >= 15 is 0 Å². The Morgan fingerprint density at radius 1 is 1.14 bits per heavy atom. The molecule has 198 valence electrons. The highest BCUT2D eigenvalue weighted by Crippen LogP contribution is 2.68. The molecule has 0 heterocycles. The van der Waals surface area contributed by atoms with E-state index in [1.165, 1.54) is 12.8 Å². The number of hydrogen-bond donors (Lipinski definition) is 1. The van der Waals surface area contributed by atoms with Crippen LogP contribution in [0.4, 0.5) is 4.39 Å². The summed E-state index contributed by atoms with van der Waals surface area (Å²) in [6, 6.07) is 0. The van der Waals surface area contributed by atoms with Crippen LogP contribution < -0.4 is 0 Å². The predicted molar refractivity (Wildman–Crippen MR) is 143 cm³/mol. The molecule has 0 radical (unpaired) electrons. The van der Waals surface area contributed by atoms with Gasteiger partial charge in [-0.05, 0) is 110 Å². The molecule has 4 rings (SSSR count). The van der Waals surface area contributed by atoms with Crippen molar-refractivity contribution in [3.8, 4) is 0 Å². The Morgan fingerprint density at radius 3 is 2.37 bits per heavy atom. The Morgan fingerprint density at radius 2 is 1.77 bits per heavy atom. The fourth-order valence-corrected chi connectivity index (χ4v) is 9.78. The lowest BCUT2D eigenvalue weighted by molar-refractivity contribution is -0.134. The number of hydrogen-bond acceptors (Lipinski definition) is 2. The third-order valence-electron chi connectivity index (χ3n) is 11.4. The van der Waals surface area contributed by atoms with Crippen LogP contribution in [0.3, 0.4) is 0 Å². The van der Waals surface area contributed by atoms with E-state index in [0.717, 1.165) is 38.5 Å². The lowest BCUT2D eigenvalue weighted by Gasteiger charge is -2.60. The molecule has 0 aromatic carbocycles. The second-order valence-electron chi connectivity index (χ2n) is 14.2. The number of fused-ring (bicyclic) bond motifs is 5. The molecule has 1 unspecified atom stereocenters. The predicted octanol–water partition coefficient (Wildman–Crippen LogP) is 8.67. The topological polar surface area (TPSA) is 46.5 Å². The average molecular weight is 505 g/mol. The summed E-state index contributed by atoms with van der Waals surface area (Å²) in [7, 11) is -1.81. The van der Waals surface area contributed by atoms with Crippen molar-refractivity contribution in [2.75, 3.05) is 0 Å². The van der Waals surface area contributed by atoms with Gasteiger partial charge in [0.25, 0.3) is 0 Å². The normalized spacial score (nSPS) is 40.9. The van der Waals surface area contributed by atoms with Gasteiger partial charge in [0.1, 0.15) is 0 Å². The van der Waals surface area contributed by atoms with E-state index in [2.05, 4.69) is 60.7 Å². The van der Waals surface area contributed by atoms with Gasteiger partial charge in [-0.3, -0.25) is 0 Å². The van der Waals surface area contributed by atoms with Crippen molar-refractivity contribution >= 4 is 14.3 Å². The molecule has 0 aromatic rings. The van der Waals surface area contributed by atoms with Crippen molar-refractivity contribution in [3.63, 3.8) is 0 Å². The van der Waals surface area contributed by atoms with Crippen molar-refractivity contribution in [1.82, 2.24) is 0 Å². The zero-order valence-electron chi connectivity index (χ0n) is 23.5. The van der Waals surface area contributed by atoms with E-state index in [-0.39, 0.29) is 15.9 Å². The zero-order valence-corrected chi connectivity index (χ0v) is 24.5. The Balaban J connectivity index is 1.66. The van der Waals surface area contributed by atoms with Gasteiger partial charge < -0.3 is 9.53 Å². The molecule has 35 heavy (non-hydrogen) atoms. The molecule has 0 aromatic heterocycles. The lowest BCUT2D eigenvalue weighted by atomic mass is 9.45. The monoisotopic (exact) mass is 504 g/mol. The highest BCUT2D eigenvalue weighted by Gasteiger charge is 2.60. The van der Waals surface area contributed by atoms with Gasteiger partial charge in [-0.25, -0.2) is 4.79 Å². The summed E-state index contributed by atoms with van der Waals surface area (Å²) < 4.78 is 21.7.